The summed E-state index contributed by atoms with van der Waals surface area (Å²) >= 11 is 5.86. The van der Waals surface area contributed by atoms with Crippen LogP contribution in [0.5, 0.6) is 0 Å². The summed E-state index contributed by atoms with van der Waals surface area (Å²) in [7, 11) is 0. The van der Waals surface area contributed by atoms with Gasteiger partial charge in [0.05, 0.1) is 6.42 Å². The molecule has 0 bridgehead atoms. The fraction of sp³-hybridized carbons (Fsp3) is 0.471. The van der Waals surface area contributed by atoms with Gasteiger partial charge in [-0.2, -0.15) is 0 Å². The fourth-order valence-corrected chi connectivity index (χ4v) is 3.08. The van der Waals surface area contributed by atoms with Gasteiger partial charge < -0.3 is 9.73 Å². The molecule has 0 radical (unpaired) electrons. The molecule has 3 rings (SSSR count). The van der Waals surface area contributed by atoms with Crippen LogP contribution < -0.4 is 5.32 Å². The van der Waals surface area contributed by atoms with E-state index in [0.29, 0.717) is 23.3 Å². The number of aromatic nitrogens is 2. The lowest BCUT2D eigenvalue weighted by atomic mass is 9.86. The van der Waals surface area contributed by atoms with Gasteiger partial charge in [0, 0.05) is 11.1 Å². The van der Waals surface area contributed by atoms with Crippen molar-refractivity contribution in [3.8, 4) is 0 Å². The van der Waals surface area contributed by atoms with Gasteiger partial charge in [0.25, 0.3) is 0 Å². The number of amides is 1. The molecule has 0 aliphatic heterocycles. The van der Waals surface area contributed by atoms with Crippen molar-refractivity contribution >= 4 is 17.5 Å². The van der Waals surface area contributed by atoms with Crippen molar-refractivity contribution in [1.82, 2.24) is 15.5 Å². The third-order valence-corrected chi connectivity index (χ3v) is 4.61. The van der Waals surface area contributed by atoms with E-state index in [9.17, 15) is 4.79 Å². The van der Waals surface area contributed by atoms with Crippen LogP contribution in [0, 0.1) is 5.92 Å². The number of nitrogens with zero attached hydrogens (tertiary/aromatic N) is 2. The summed E-state index contributed by atoms with van der Waals surface area (Å²) < 4.78 is 5.49. The van der Waals surface area contributed by atoms with E-state index in [1.807, 2.05) is 24.3 Å². The molecule has 2 atom stereocenters. The highest BCUT2D eigenvalue weighted by Gasteiger charge is 2.25. The van der Waals surface area contributed by atoms with Gasteiger partial charge in [-0.1, -0.05) is 43.5 Å². The minimum absolute atomic E-state index is 0.0340. The molecule has 0 unspecified atom stereocenters. The van der Waals surface area contributed by atoms with Crippen LogP contribution in [0.1, 0.15) is 54.7 Å². The van der Waals surface area contributed by atoms with Crippen LogP contribution in [-0.2, 0) is 6.42 Å². The first kappa shape index (κ1) is 16.0. The van der Waals surface area contributed by atoms with Crippen molar-refractivity contribution in [3.05, 3.63) is 46.6 Å². The lowest BCUT2D eigenvalue weighted by Gasteiger charge is -2.28. The van der Waals surface area contributed by atoms with Crippen LogP contribution >= 0.6 is 11.6 Å². The number of benzene rings is 1. The average Bonchev–Trinajstić information content (AvgIpc) is 3.00. The summed E-state index contributed by atoms with van der Waals surface area (Å²) in [5, 5.41) is 11.5. The smallest absolute Gasteiger partial charge is 0.309 e. The monoisotopic (exact) mass is 333 g/mol. The Kier molecular flexibility index (Phi) is 4.96. The largest absolute Gasteiger partial charge is 0.417 e. The second-order valence-electron chi connectivity index (χ2n) is 6.15. The van der Waals surface area contributed by atoms with Crippen molar-refractivity contribution in [3.63, 3.8) is 0 Å². The van der Waals surface area contributed by atoms with Gasteiger partial charge in [0.1, 0.15) is 0 Å². The molecule has 1 N–H and O–H groups in total. The molecule has 1 aromatic carbocycles. The maximum Gasteiger partial charge on any atom is 0.309 e. The van der Waals surface area contributed by atoms with Gasteiger partial charge in [0.2, 0.25) is 5.89 Å². The number of nitrogens with one attached hydrogen (secondary N) is 1. The third-order valence-electron chi connectivity index (χ3n) is 4.36. The predicted molar refractivity (Wildman–Crippen MR) is 87.4 cm³/mol. The molecule has 0 saturated heterocycles. The Morgan fingerprint density at radius 3 is 2.74 bits per heavy atom. The number of hydrogen-bond donors (Lipinski definition) is 1. The van der Waals surface area contributed by atoms with Crippen molar-refractivity contribution in [1.29, 1.82) is 0 Å². The summed E-state index contributed by atoms with van der Waals surface area (Å²) in [5.74, 6) is 0.670. The second kappa shape index (κ2) is 7.13. The molecule has 1 aromatic heterocycles. The minimum atomic E-state index is -0.279. The number of halogens is 1. The molecule has 1 amide bonds. The van der Waals surface area contributed by atoms with Gasteiger partial charge in [-0.15, -0.1) is 10.2 Å². The first-order valence-corrected chi connectivity index (χ1v) is 8.37. The van der Waals surface area contributed by atoms with Crippen LogP contribution in [0.4, 0.5) is 0 Å². The number of hydrogen-bond acceptors (Lipinski definition) is 4. The fourth-order valence-electron chi connectivity index (χ4n) is 2.95. The summed E-state index contributed by atoms with van der Waals surface area (Å²) in [6, 6.07) is 7.62. The molecule has 6 heteroatoms. The normalized spacial score (nSPS) is 21.1. The molecular weight excluding hydrogens is 314 g/mol. The molecule has 1 saturated carbocycles. The molecule has 23 heavy (non-hydrogen) atoms. The SMILES string of the molecule is C[C@@H]1CCCC[C@@H]1NC(=O)c1nnc(Cc2ccc(Cl)cc2)o1. The Balaban J connectivity index is 1.61. The number of carbonyl (C=O) groups excluding carboxylic acids is 1. The summed E-state index contributed by atoms with van der Waals surface area (Å²) in [6.45, 7) is 2.17. The molecule has 1 fully saturated rings. The van der Waals surface area contributed by atoms with Crippen molar-refractivity contribution < 1.29 is 9.21 Å². The molecular formula is C17H20ClN3O2. The highest BCUT2D eigenvalue weighted by atomic mass is 35.5. The van der Waals surface area contributed by atoms with Gasteiger partial charge in [0.15, 0.2) is 0 Å². The van der Waals surface area contributed by atoms with E-state index in [4.69, 9.17) is 16.0 Å². The highest BCUT2D eigenvalue weighted by molar-refractivity contribution is 6.30. The van der Waals surface area contributed by atoms with Crippen LogP contribution in [0.3, 0.4) is 0 Å². The zero-order chi connectivity index (χ0) is 16.2. The second-order valence-corrected chi connectivity index (χ2v) is 6.58. The molecule has 1 aliphatic rings. The van der Waals surface area contributed by atoms with E-state index in [1.165, 1.54) is 6.42 Å². The zero-order valence-corrected chi connectivity index (χ0v) is 13.8. The lowest BCUT2D eigenvalue weighted by Crippen LogP contribution is -2.41. The van der Waals surface area contributed by atoms with Crippen LogP contribution in [-0.4, -0.2) is 22.1 Å². The van der Waals surface area contributed by atoms with Gasteiger partial charge in [-0.3, -0.25) is 4.79 Å². The average molecular weight is 334 g/mol. The molecule has 1 heterocycles. The number of carbonyl (C=O) groups is 1. The molecule has 0 spiro atoms. The van der Waals surface area contributed by atoms with Gasteiger partial charge in [-0.05, 0) is 36.5 Å². The van der Waals surface area contributed by atoms with E-state index in [2.05, 4.69) is 22.4 Å². The molecule has 122 valence electrons. The Hall–Kier alpha value is -1.88. The van der Waals surface area contributed by atoms with E-state index >= 15 is 0 Å². The Morgan fingerprint density at radius 1 is 1.26 bits per heavy atom. The van der Waals surface area contributed by atoms with E-state index in [-0.39, 0.29) is 17.8 Å². The van der Waals surface area contributed by atoms with E-state index in [1.54, 1.807) is 0 Å². The van der Waals surface area contributed by atoms with E-state index < -0.39 is 0 Å². The molecule has 1 aliphatic carbocycles. The summed E-state index contributed by atoms with van der Waals surface area (Å²) in [5.41, 5.74) is 1.01. The maximum absolute atomic E-state index is 12.2. The lowest BCUT2D eigenvalue weighted by molar-refractivity contribution is 0.0873. The quantitative estimate of drug-likeness (QED) is 0.927. The maximum atomic E-state index is 12.2. The first-order valence-electron chi connectivity index (χ1n) is 7.99. The zero-order valence-electron chi connectivity index (χ0n) is 13.1. The van der Waals surface area contributed by atoms with Crippen molar-refractivity contribution in [2.75, 3.05) is 0 Å². The van der Waals surface area contributed by atoms with Crippen LogP contribution in [0.2, 0.25) is 5.02 Å². The predicted octanol–water partition coefficient (Wildman–Crippen LogP) is 3.62. The topological polar surface area (TPSA) is 68.0 Å². The molecule has 5 nitrogen and oxygen atoms in total. The number of rotatable bonds is 4. The minimum Gasteiger partial charge on any atom is -0.417 e. The van der Waals surface area contributed by atoms with Crippen LogP contribution in [0.15, 0.2) is 28.7 Å². The Labute approximate surface area is 140 Å². The summed E-state index contributed by atoms with van der Waals surface area (Å²) in [4.78, 5) is 12.2. The Bertz CT molecular complexity index is 669. The van der Waals surface area contributed by atoms with Crippen molar-refractivity contribution in [2.45, 2.75) is 45.1 Å². The van der Waals surface area contributed by atoms with E-state index in [0.717, 1.165) is 24.8 Å². The van der Waals surface area contributed by atoms with Gasteiger partial charge >= 0.3 is 11.8 Å². The van der Waals surface area contributed by atoms with Crippen molar-refractivity contribution in [2.24, 2.45) is 5.92 Å². The highest BCUT2D eigenvalue weighted by Crippen LogP contribution is 2.24. The summed E-state index contributed by atoms with van der Waals surface area (Å²) in [6.07, 6.45) is 5.03. The molecule has 2 aromatic rings. The Morgan fingerprint density at radius 2 is 2.00 bits per heavy atom. The van der Waals surface area contributed by atoms with Crippen LogP contribution in [0.25, 0.3) is 0 Å². The standard InChI is InChI=1S/C17H20ClN3O2/c1-11-4-2-3-5-14(11)19-16(22)17-21-20-15(23-17)10-12-6-8-13(18)9-7-12/h6-9,11,14H,2-5,10H2,1H3,(H,19,22)/t11-,14+/m1/s1. The van der Waals surface area contributed by atoms with Gasteiger partial charge in [-0.25, -0.2) is 0 Å². The third kappa shape index (κ3) is 4.10. The first-order chi connectivity index (χ1) is 11.1.